The first kappa shape index (κ1) is 13.1. The molecule has 0 bridgehead atoms. The van der Waals surface area contributed by atoms with E-state index in [2.05, 4.69) is 4.98 Å². The summed E-state index contributed by atoms with van der Waals surface area (Å²) in [5, 5.41) is 0. The van der Waals surface area contributed by atoms with Gasteiger partial charge in [-0.15, -0.1) is 0 Å². The Bertz CT molecular complexity index is 536. The Hall–Kier alpha value is -2.36. The van der Waals surface area contributed by atoms with Crippen molar-refractivity contribution in [3.63, 3.8) is 0 Å². The smallest absolute Gasteiger partial charge is 0.253 e. The number of carbonyl (C=O) groups is 1. The molecule has 0 aliphatic rings. The van der Waals surface area contributed by atoms with Crippen molar-refractivity contribution in [3.8, 4) is 5.75 Å². The van der Waals surface area contributed by atoms with Gasteiger partial charge in [-0.3, -0.25) is 9.78 Å². The van der Waals surface area contributed by atoms with E-state index in [0.29, 0.717) is 12.2 Å². The van der Waals surface area contributed by atoms with Crippen LogP contribution < -0.4 is 4.74 Å². The number of hydrogen-bond acceptors (Lipinski definition) is 3. The van der Waals surface area contributed by atoms with Gasteiger partial charge < -0.3 is 9.64 Å². The minimum absolute atomic E-state index is 0.0150. The van der Waals surface area contributed by atoms with E-state index in [1.807, 2.05) is 12.1 Å². The van der Waals surface area contributed by atoms with E-state index in [1.54, 1.807) is 55.7 Å². The summed E-state index contributed by atoms with van der Waals surface area (Å²) in [6.45, 7) is 0.467. The van der Waals surface area contributed by atoms with Crippen molar-refractivity contribution in [2.75, 3.05) is 14.1 Å². The molecule has 2 rings (SSSR count). The molecule has 0 N–H and O–H groups in total. The highest BCUT2D eigenvalue weighted by Crippen LogP contribution is 2.14. The van der Waals surface area contributed by atoms with Crippen LogP contribution in [0, 0.1) is 0 Å². The molecule has 4 nitrogen and oxygen atoms in total. The SMILES string of the molecule is CN(C)C(=O)c1ccc(OCc2cccnc2)cc1. The molecule has 98 valence electrons. The van der Waals surface area contributed by atoms with Gasteiger partial charge in [0, 0.05) is 37.6 Å². The van der Waals surface area contributed by atoms with Crippen molar-refractivity contribution in [1.82, 2.24) is 9.88 Å². The normalized spacial score (nSPS) is 10.0. The third-order valence-corrected chi connectivity index (χ3v) is 2.64. The number of pyridine rings is 1. The minimum Gasteiger partial charge on any atom is -0.489 e. The number of aromatic nitrogens is 1. The van der Waals surface area contributed by atoms with Gasteiger partial charge >= 0.3 is 0 Å². The van der Waals surface area contributed by atoms with Crippen LogP contribution in [0.3, 0.4) is 0 Å². The van der Waals surface area contributed by atoms with Gasteiger partial charge in [-0.25, -0.2) is 0 Å². The maximum Gasteiger partial charge on any atom is 0.253 e. The van der Waals surface area contributed by atoms with Gasteiger partial charge in [0.2, 0.25) is 0 Å². The van der Waals surface area contributed by atoms with Crippen molar-refractivity contribution >= 4 is 5.91 Å². The highest BCUT2D eigenvalue weighted by molar-refractivity contribution is 5.93. The lowest BCUT2D eigenvalue weighted by molar-refractivity contribution is 0.0827. The highest BCUT2D eigenvalue weighted by Gasteiger charge is 2.07. The number of nitrogens with zero attached hydrogens (tertiary/aromatic N) is 2. The maximum atomic E-state index is 11.7. The number of hydrogen-bond donors (Lipinski definition) is 0. The molecule has 1 aromatic heterocycles. The Kier molecular flexibility index (Phi) is 4.13. The van der Waals surface area contributed by atoms with Crippen LogP contribution in [0.25, 0.3) is 0 Å². The van der Waals surface area contributed by atoms with E-state index < -0.39 is 0 Å². The van der Waals surface area contributed by atoms with Crippen LogP contribution in [0.4, 0.5) is 0 Å². The summed E-state index contributed by atoms with van der Waals surface area (Å²) in [5.41, 5.74) is 1.66. The maximum absolute atomic E-state index is 11.7. The Labute approximate surface area is 112 Å². The van der Waals surface area contributed by atoms with Crippen molar-refractivity contribution < 1.29 is 9.53 Å². The number of ether oxygens (including phenoxy) is 1. The molecule has 0 saturated carbocycles. The van der Waals surface area contributed by atoms with Gasteiger partial charge in [0.25, 0.3) is 5.91 Å². The van der Waals surface area contributed by atoms with E-state index in [1.165, 1.54) is 0 Å². The fourth-order valence-corrected chi connectivity index (χ4v) is 1.60. The van der Waals surface area contributed by atoms with Crippen molar-refractivity contribution in [1.29, 1.82) is 0 Å². The lowest BCUT2D eigenvalue weighted by Crippen LogP contribution is -2.21. The van der Waals surface area contributed by atoms with Gasteiger partial charge in [0.1, 0.15) is 12.4 Å². The molecule has 4 heteroatoms. The van der Waals surface area contributed by atoms with Crippen molar-refractivity contribution in [2.24, 2.45) is 0 Å². The molecule has 1 aromatic carbocycles. The topological polar surface area (TPSA) is 42.4 Å². The highest BCUT2D eigenvalue weighted by atomic mass is 16.5. The molecule has 0 spiro atoms. The summed E-state index contributed by atoms with van der Waals surface area (Å²) in [4.78, 5) is 17.3. The molecule has 0 aliphatic heterocycles. The second-order valence-corrected chi connectivity index (χ2v) is 4.37. The third-order valence-electron chi connectivity index (χ3n) is 2.64. The molecule has 0 fully saturated rings. The summed E-state index contributed by atoms with van der Waals surface area (Å²) in [5.74, 6) is 0.720. The van der Waals surface area contributed by atoms with Gasteiger partial charge in [-0.1, -0.05) is 6.07 Å². The predicted octanol–water partition coefficient (Wildman–Crippen LogP) is 2.36. The van der Waals surface area contributed by atoms with Crippen LogP contribution in [-0.2, 0) is 6.61 Å². The molecular weight excluding hydrogens is 240 g/mol. The summed E-state index contributed by atoms with van der Waals surface area (Å²) in [7, 11) is 3.46. The van der Waals surface area contributed by atoms with Gasteiger partial charge in [-0.2, -0.15) is 0 Å². The molecule has 0 aliphatic carbocycles. The average molecular weight is 256 g/mol. The lowest BCUT2D eigenvalue weighted by atomic mass is 10.2. The Morgan fingerprint density at radius 2 is 1.95 bits per heavy atom. The van der Waals surface area contributed by atoms with E-state index in [0.717, 1.165) is 11.3 Å². The van der Waals surface area contributed by atoms with Gasteiger partial charge in [0.05, 0.1) is 0 Å². The fourth-order valence-electron chi connectivity index (χ4n) is 1.60. The molecule has 2 aromatic rings. The molecular formula is C15H16N2O2. The van der Waals surface area contributed by atoms with Crippen LogP contribution in [0.15, 0.2) is 48.8 Å². The predicted molar refractivity (Wildman–Crippen MR) is 73.0 cm³/mol. The fraction of sp³-hybridized carbons (Fsp3) is 0.200. The van der Waals surface area contributed by atoms with E-state index >= 15 is 0 Å². The zero-order valence-electron chi connectivity index (χ0n) is 11.0. The molecule has 0 atom stereocenters. The molecule has 0 saturated heterocycles. The number of benzene rings is 1. The van der Waals surface area contributed by atoms with E-state index in [-0.39, 0.29) is 5.91 Å². The first-order chi connectivity index (χ1) is 9.16. The molecule has 0 unspecified atom stereocenters. The third kappa shape index (κ3) is 3.55. The van der Waals surface area contributed by atoms with E-state index in [9.17, 15) is 4.79 Å². The second kappa shape index (κ2) is 6.00. The van der Waals surface area contributed by atoms with Crippen molar-refractivity contribution in [2.45, 2.75) is 6.61 Å². The molecule has 1 heterocycles. The monoisotopic (exact) mass is 256 g/mol. The first-order valence-corrected chi connectivity index (χ1v) is 6.00. The second-order valence-electron chi connectivity index (χ2n) is 4.37. The summed E-state index contributed by atoms with van der Waals surface area (Å²) in [6.07, 6.45) is 3.50. The zero-order valence-corrected chi connectivity index (χ0v) is 11.0. The lowest BCUT2D eigenvalue weighted by Gasteiger charge is -2.11. The van der Waals surface area contributed by atoms with Crippen LogP contribution in [0.1, 0.15) is 15.9 Å². The number of carbonyl (C=O) groups excluding carboxylic acids is 1. The molecule has 1 amide bonds. The van der Waals surface area contributed by atoms with E-state index in [4.69, 9.17) is 4.74 Å². The molecule has 0 radical (unpaired) electrons. The zero-order chi connectivity index (χ0) is 13.7. The number of amides is 1. The first-order valence-electron chi connectivity index (χ1n) is 6.00. The average Bonchev–Trinajstić information content (AvgIpc) is 2.46. The van der Waals surface area contributed by atoms with Crippen LogP contribution in [0.2, 0.25) is 0 Å². The standard InChI is InChI=1S/C15H16N2O2/c1-17(2)15(18)13-5-7-14(8-6-13)19-11-12-4-3-9-16-10-12/h3-10H,11H2,1-2H3. The quantitative estimate of drug-likeness (QED) is 0.843. The summed E-state index contributed by atoms with van der Waals surface area (Å²) < 4.78 is 5.62. The minimum atomic E-state index is -0.0150. The van der Waals surface area contributed by atoms with Crippen LogP contribution in [0.5, 0.6) is 5.75 Å². The van der Waals surface area contributed by atoms with Crippen LogP contribution >= 0.6 is 0 Å². The van der Waals surface area contributed by atoms with Crippen LogP contribution in [-0.4, -0.2) is 29.9 Å². The summed E-state index contributed by atoms with van der Waals surface area (Å²) in [6, 6.07) is 11.0. The van der Waals surface area contributed by atoms with Crippen molar-refractivity contribution in [3.05, 3.63) is 59.9 Å². The largest absolute Gasteiger partial charge is 0.489 e. The summed E-state index contributed by atoms with van der Waals surface area (Å²) >= 11 is 0. The molecule has 19 heavy (non-hydrogen) atoms. The number of rotatable bonds is 4. The Morgan fingerprint density at radius 3 is 2.53 bits per heavy atom. The van der Waals surface area contributed by atoms with Gasteiger partial charge in [-0.05, 0) is 30.3 Å². The van der Waals surface area contributed by atoms with Gasteiger partial charge in [0.15, 0.2) is 0 Å². The Balaban J connectivity index is 1.98. The Morgan fingerprint density at radius 1 is 1.21 bits per heavy atom.